The molecule has 0 saturated heterocycles. The van der Waals surface area contributed by atoms with Gasteiger partial charge in [0.15, 0.2) is 5.78 Å². The fourth-order valence-electron chi connectivity index (χ4n) is 2.57. The van der Waals surface area contributed by atoms with E-state index in [0.29, 0.717) is 24.3 Å². The number of carbonyl (C=O) groups is 2. The second-order valence-corrected chi connectivity index (χ2v) is 6.11. The van der Waals surface area contributed by atoms with Crippen molar-refractivity contribution in [1.82, 2.24) is 9.88 Å². The highest BCUT2D eigenvalue weighted by Gasteiger charge is 2.23. The first-order chi connectivity index (χ1) is 9.95. The summed E-state index contributed by atoms with van der Waals surface area (Å²) in [6.07, 6.45) is 0. The Labute approximate surface area is 128 Å². The van der Waals surface area contributed by atoms with Crippen LogP contribution in [-0.4, -0.2) is 28.1 Å². The molecule has 0 bridgehead atoms. The molecule has 2 aromatic heterocycles. The first-order valence-electron chi connectivity index (χ1n) is 6.97. The normalized spacial score (nSPS) is 10.7. The number of thiophene rings is 1. The van der Waals surface area contributed by atoms with Gasteiger partial charge in [-0.25, -0.2) is 0 Å². The number of aromatic amines is 1. The number of nitrogens with one attached hydrogen (secondary N) is 1. The SMILES string of the molecule is CCN(Cc1cccs1)C(=O)c1[nH]c(C)c(C(C)=O)c1C. The number of amides is 1. The van der Waals surface area contributed by atoms with Crippen molar-refractivity contribution in [3.8, 4) is 0 Å². The van der Waals surface area contributed by atoms with E-state index < -0.39 is 0 Å². The van der Waals surface area contributed by atoms with E-state index in [1.807, 2.05) is 38.3 Å². The van der Waals surface area contributed by atoms with Gasteiger partial charge in [-0.1, -0.05) is 6.07 Å². The minimum Gasteiger partial charge on any atom is -0.354 e. The number of hydrogen-bond acceptors (Lipinski definition) is 3. The minimum atomic E-state index is -0.0565. The first kappa shape index (κ1) is 15.5. The van der Waals surface area contributed by atoms with Gasteiger partial charge in [0, 0.05) is 22.7 Å². The van der Waals surface area contributed by atoms with Gasteiger partial charge < -0.3 is 9.88 Å². The van der Waals surface area contributed by atoms with Crippen molar-refractivity contribution in [3.05, 3.63) is 44.9 Å². The van der Waals surface area contributed by atoms with Gasteiger partial charge in [-0.05, 0) is 44.7 Å². The van der Waals surface area contributed by atoms with E-state index in [1.54, 1.807) is 16.2 Å². The van der Waals surface area contributed by atoms with Crippen molar-refractivity contribution >= 4 is 23.0 Å². The summed E-state index contributed by atoms with van der Waals surface area (Å²) in [4.78, 5) is 30.4. The molecule has 1 amide bonds. The number of ketones is 1. The van der Waals surface area contributed by atoms with Gasteiger partial charge in [-0.15, -0.1) is 11.3 Å². The average Bonchev–Trinajstić information content (AvgIpc) is 3.03. The molecule has 2 aromatic rings. The summed E-state index contributed by atoms with van der Waals surface area (Å²) in [5.41, 5.74) is 2.66. The lowest BCUT2D eigenvalue weighted by molar-refractivity contribution is 0.0748. The van der Waals surface area contributed by atoms with Crippen LogP contribution in [-0.2, 0) is 6.54 Å². The summed E-state index contributed by atoms with van der Waals surface area (Å²) in [5.74, 6) is -0.0689. The molecule has 5 heteroatoms. The van der Waals surface area contributed by atoms with Crippen molar-refractivity contribution in [1.29, 1.82) is 0 Å². The fraction of sp³-hybridized carbons (Fsp3) is 0.375. The van der Waals surface area contributed by atoms with E-state index in [9.17, 15) is 9.59 Å². The zero-order chi connectivity index (χ0) is 15.6. The van der Waals surface area contributed by atoms with E-state index in [1.165, 1.54) is 6.92 Å². The van der Waals surface area contributed by atoms with E-state index in [2.05, 4.69) is 4.98 Å². The van der Waals surface area contributed by atoms with E-state index in [-0.39, 0.29) is 11.7 Å². The quantitative estimate of drug-likeness (QED) is 0.859. The van der Waals surface area contributed by atoms with Gasteiger partial charge in [0.25, 0.3) is 5.91 Å². The Morgan fingerprint density at radius 3 is 2.52 bits per heavy atom. The van der Waals surface area contributed by atoms with Crippen molar-refractivity contribution < 1.29 is 9.59 Å². The highest BCUT2D eigenvalue weighted by molar-refractivity contribution is 7.09. The minimum absolute atomic E-state index is 0.0124. The number of rotatable bonds is 5. The van der Waals surface area contributed by atoms with Crippen LogP contribution < -0.4 is 0 Å². The molecule has 1 N–H and O–H groups in total. The Bertz CT molecular complexity index is 656. The smallest absolute Gasteiger partial charge is 0.270 e. The monoisotopic (exact) mass is 304 g/mol. The van der Waals surface area contributed by atoms with Gasteiger partial charge >= 0.3 is 0 Å². The van der Waals surface area contributed by atoms with Gasteiger partial charge in [0.05, 0.1) is 6.54 Å². The highest BCUT2D eigenvalue weighted by atomic mass is 32.1. The van der Waals surface area contributed by atoms with E-state index in [4.69, 9.17) is 0 Å². The molecule has 4 nitrogen and oxygen atoms in total. The number of hydrogen-bond donors (Lipinski definition) is 1. The zero-order valence-corrected chi connectivity index (χ0v) is 13.6. The number of H-pyrrole nitrogens is 1. The molecule has 0 aliphatic carbocycles. The first-order valence-corrected chi connectivity index (χ1v) is 7.85. The number of aromatic nitrogens is 1. The molecule has 0 aliphatic heterocycles. The van der Waals surface area contributed by atoms with Crippen LogP contribution in [0.15, 0.2) is 17.5 Å². The maximum atomic E-state index is 12.7. The summed E-state index contributed by atoms with van der Waals surface area (Å²) in [7, 11) is 0. The van der Waals surface area contributed by atoms with Crippen LogP contribution in [0.5, 0.6) is 0 Å². The van der Waals surface area contributed by atoms with Crippen LogP contribution >= 0.6 is 11.3 Å². The molecule has 0 atom stereocenters. The molecule has 0 aliphatic rings. The molecule has 0 spiro atoms. The third-order valence-corrected chi connectivity index (χ3v) is 4.46. The van der Waals surface area contributed by atoms with Crippen molar-refractivity contribution in [2.45, 2.75) is 34.2 Å². The molecule has 0 saturated carbocycles. The summed E-state index contributed by atoms with van der Waals surface area (Å²) >= 11 is 1.64. The zero-order valence-electron chi connectivity index (χ0n) is 12.8. The third kappa shape index (κ3) is 3.08. The predicted octanol–water partition coefficient (Wildman–Crippen LogP) is 3.56. The third-order valence-electron chi connectivity index (χ3n) is 3.60. The lowest BCUT2D eigenvalue weighted by Crippen LogP contribution is -2.30. The summed E-state index contributed by atoms with van der Waals surface area (Å²) in [5, 5.41) is 2.01. The van der Waals surface area contributed by atoms with Crippen molar-refractivity contribution in [3.63, 3.8) is 0 Å². The van der Waals surface area contributed by atoms with Gasteiger partial charge in [0.1, 0.15) is 5.69 Å². The molecule has 0 aromatic carbocycles. The molecule has 21 heavy (non-hydrogen) atoms. The number of carbonyl (C=O) groups excluding carboxylic acids is 2. The number of Topliss-reactive ketones (excluding diaryl/α,β-unsaturated/α-hetero) is 1. The predicted molar refractivity (Wildman–Crippen MR) is 85.0 cm³/mol. The maximum Gasteiger partial charge on any atom is 0.270 e. The Balaban J connectivity index is 2.30. The Morgan fingerprint density at radius 1 is 1.33 bits per heavy atom. The fourth-order valence-corrected chi connectivity index (χ4v) is 3.29. The van der Waals surface area contributed by atoms with E-state index >= 15 is 0 Å². The van der Waals surface area contributed by atoms with Crippen molar-refractivity contribution in [2.75, 3.05) is 6.54 Å². The molecule has 2 heterocycles. The molecule has 2 rings (SSSR count). The van der Waals surface area contributed by atoms with Crippen molar-refractivity contribution in [2.24, 2.45) is 0 Å². The molecule has 0 radical (unpaired) electrons. The van der Waals surface area contributed by atoms with Crippen LogP contribution in [0, 0.1) is 13.8 Å². The van der Waals surface area contributed by atoms with Crippen LogP contribution in [0.25, 0.3) is 0 Å². The molecule has 0 fully saturated rings. The van der Waals surface area contributed by atoms with Crippen LogP contribution in [0.4, 0.5) is 0 Å². The lowest BCUT2D eigenvalue weighted by atomic mass is 10.1. The number of nitrogens with zero attached hydrogens (tertiary/aromatic N) is 1. The van der Waals surface area contributed by atoms with Gasteiger partial charge in [-0.3, -0.25) is 9.59 Å². The summed E-state index contributed by atoms with van der Waals surface area (Å²) in [6, 6.07) is 4.00. The standard InChI is InChI=1S/C16H20N2O2S/c1-5-18(9-13-7-6-8-21-13)16(20)15-10(2)14(12(4)19)11(3)17-15/h6-8,17H,5,9H2,1-4H3. The van der Waals surface area contributed by atoms with Crippen LogP contribution in [0.3, 0.4) is 0 Å². The largest absolute Gasteiger partial charge is 0.354 e. The summed E-state index contributed by atoms with van der Waals surface area (Å²) < 4.78 is 0. The van der Waals surface area contributed by atoms with Crippen LogP contribution in [0.2, 0.25) is 0 Å². The maximum absolute atomic E-state index is 12.7. The summed E-state index contributed by atoms with van der Waals surface area (Å²) in [6.45, 7) is 8.37. The number of aryl methyl sites for hydroxylation is 1. The second kappa shape index (κ2) is 6.26. The average molecular weight is 304 g/mol. The molecule has 112 valence electrons. The van der Waals surface area contributed by atoms with Crippen LogP contribution in [0.1, 0.15) is 50.8 Å². The molecular formula is C16H20N2O2S. The van der Waals surface area contributed by atoms with Gasteiger partial charge in [0.2, 0.25) is 0 Å². The Morgan fingerprint density at radius 2 is 2.05 bits per heavy atom. The molecule has 0 unspecified atom stereocenters. The lowest BCUT2D eigenvalue weighted by Gasteiger charge is -2.20. The molecular weight excluding hydrogens is 284 g/mol. The highest BCUT2D eigenvalue weighted by Crippen LogP contribution is 2.21. The van der Waals surface area contributed by atoms with Gasteiger partial charge in [-0.2, -0.15) is 0 Å². The second-order valence-electron chi connectivity index (χ2n) is 5.08. The Kier molecular flexibility index (Phi) is 4.63. The Hall–Kier alpha value is -1.88. The topological polar surface area (TPSA) is 53.2 Å². The van der Waals surface area contributed by atoms with E-state index in [0.717, 1.165) is 16.1 Å².